The van der Waals surface area contributed by atoms with Crippen molar-refractivity contribution >= 4 is 41.7 Å². The summed E-state index contributed by atoms with van der Waals surface area (Å²) in [6.45, 7) is 11.3. The van der Waals surface area contributed by atoms with E-state index in [2.05, 4.69) is 65.4 Å². The molecule has 0 bridgehead atoms. The molecule has 0 aliphatic carbocycles. The number of halogens is 1. The van der Waals surface area contributed by atoms with Gasteiger partial charge in [-0.25, -0.2) is 0 Å². The number of nitrogens with one attached hydrogen (secondary N) is 2. The second kappa shape index (κ2) is 14.6. The average molecular weight is 563 g/mol. The quantitative estimate of drug-likeness (QED) is 0.197. The van der Waals surface area contributed by atoms with Crippen molar-refractivity contribution in [3.8, 4) is 0 Å². The summed E-state index contributed by atoms with van der Waals surface area (Å²) in [4.78, 5) is 7.59. The lowest BCUT2D eigenvalue weighted by atomic mass is 9.96. The van der Waals surface area contributed by atoms with Crippen LogP contribution < -0.4 is 10.6 Å². The summed E-state index contributed by atoms with van der Waals surface area (Å²) < 4.78 is 11.6. The van der Waals surface area contributed by atoms with Crippen LogP contribution in [0.1, 0.15) is 38.4 Å². The molecule has 8 heteroatoms. The maximum Gasteiger partial charge on any atom is 0.191 e. The molecular weight excluding hydrogens is 523 g/mol. The van der Waals surface area contributed by atoms with E-state index in [9.17, 15) is 0 Å². The molecular formula is C23H39IN4O2S. The Morgan fingerprint density at radius 3 is 2.71 bits per heavy atom. The van der Waals surface area contributed by atoms with Crippen molar-refractivity contribution < 1.29 is 9.47 Å². The van der Waals surface area contributed by atoms with Crippen LogP contribution in [0.5, 0.6) is 0 Å². The van der Waals surface area contributed by atoms with Gasteiger partial charge in [0.1, 0.15) is 0 Å². The van der Waals surface area contributed by atoms with Crippen LogP contribution in [0.25, 0.3) is 0 Å². The van der Waals surface area contributed by atoms with Gasteiger partial charge in [0.15, 0.2) is 5.96 Å². The second-order valence-corrected chi connectivity index (χ2v) is 9.13. The predicted octanol–water partition coefficient (Wildman–Crippen LogP) is 3.54. The van der Waals surface area contributed by atoms with E-state index in [0.717, 1.165) is 64.9 Å². The largest absolute Gasteiger partial charge is 0.379 e. The Labute approximate surface area is 209 Å². The minimum Gasteiger partial charge on any atom is -0.379 e. The fourth-order valence-corrected chi connectivity index (χ4v) is 5.50. The van der Waals surface area contributed by atoms with Gasteiger partial charge < -0.3 is 20.1 Å². The van der Waals surface area contributed by atoms with Gasteiger partial charge in [-0.3, -0.25) is 9.89 Å². The lowest BCUT2D eigenvalue weighted by Gasteiger charge is -2.42. The highest BCUT2D eigenvalue weighted by atomic mass is 127. The van der Waals surface area contributed by atoms with Crippen LogP contribution in [-0.2, 0) is 9.47 Å². The summed E-state index contributed by atoms with van der Waals surface area (Å²) in [5.41, 5.74) is 1.41. The predicted molar refractivity (Wildman–Crippen MR) is 142 cm³/mol. The molecule has 0 amide bonds. The van der Waals surface area contributed by atoms with Crippen LogP contribution in [0, 0.1) is 0 Å². The maximum atomic E-state index is 5.98. The first-order chi connectivity index (χ1) is 14.7. The summed E-state index contributed by atoms with van der Waals surface area (Å²) in [7, 11) is 0. The Kier molecular flexibility index (Phi) is 12.5. The molecule has 176 valence electrons. The van der Waals surface area contributed by atoms with Crippen LogP contribution in [0.15, 0.2) is 35.3 Å². The molecule has 0 aromatic heterocycles. The molecule has 1 aromatic carbocycles. The van der Waals surface area contributed by atoms with Gasteiger partial charge in [0.05, 0.1) is 31.4 Å². The van der Waals surface area contributed by atoms with Crippen LogP contribution >= 0.6 is 35.7 Å². The normalized spacial score (nSPS) is 23.2. The Morgan fingerprint density at radius 2 is 2.03 bits per heavy atom. The maximum absolute atomic E-state index is 5.98. The van der Waals surface area contributed by atoms with Gasteiger partial charge in [-0.05, 0) is 38.0 Å². The van der Waals surface area contributed by atoms with Gasteiger partial charge in [-0.15, -0.1) is 24.0 Å². The Morgan fingerprint density at radius 1 is 1.26 bits per heavy atom. The van der Waals surface area contributed by atoms with E-state index in [1.54, 1.807) is 0 Å². The molecule has 2 aliphatic heterocycles. The first-order valence-corrected chi connectivity index (χ1v) is 12.5. The fourth-order valence-electron chi connectivity index (χ4n) is 4.04. The van der Waals surface area contributed by atoms with Crippen LogP contribution in [-0.4, -0.2) is 80.4 Å². The highest BCUT2D eigenvalue weighted by Gasteiger charge is 2.40. The molecule has 2 aliphatic rings. The molecule has 0 spiro atoms. The third kappa shape index (κ3) is 8.38. The topological polar surface area (TPSA) is 58.1 Å². The molecule has 31 heavy (non-hydrogen) atoms. The molecule has 2 fully saturated rings. The first kappa shape index (κ1) is 26.7. The second-order valence-electron chi connectivity index (χ2n) is 8.03. The Bertz CT molecular complexity index is 638. The number of benzene rings is 1. The van der Waals surface area contributed by atoms with Gasteiger partial charge in [0, 0.05) is 38.5 Å². The monoisotopic (exact) mass is 562 g/mol. The van der Waals surface area contributed by atoms with Crippen molar-refractivity contribution in [2.75, 3.05) is 64.1 Å². The van der Waals surface area contributed by atoms with Gasteiger partial charge in [0.25, 0.3) is 0 Å². The molecule has 0 saturated carbocycles. The van der Waals surface area contributed by atoms with E-state index < -0.39 is 0 Å². The van der Waals surface area contributed by atoms with E-state index >= 15 is 0 Å². The average Bonchev–Trinajstić information content (AvgIpc) is 3.28. The molecule has 2 unspecified atom stereocenters. The lowest BCUT2D eigenvalue weighted by Crippen LogP contribution is -2.56. The summed E-state index contributed by atoms with van der Waals surface area (Å²) in [6, 6.07) is 10.4. The summed E-state index contributed by atoms with van der Waals surface area (Å²) in [5.74, 6) is 3.31. The summed E-state index contributed by atoms with van der Waals surface area (Å²) in [5, 5.41) is 6.89. The van der Waals surface area contributed by atoms with E-state index in [1.807, 2.05) is 6.07 Å². The minimum absolute atomic E-state index is 0. The van der Waals surface area contributed by atoms with Gasteiger partial charge in [-0.1, -0.05) is 30.3 Å². The summed E-state index contributed by atoms with van der Waals surface area (Å²) >= 11 is 2.06. The van der Waals surface area contributed by atoms with Crippen LogP contribution in [0.2, 0.25) is 0 Å². The molecule has 6 nitrogen and oxygen atoms in total. The van der Waals surface area contributed by atoms with E-state index in [1.165, 1.54) is 23.5 Å². The number of hydrogen-bond donors (Lipinski definition) is 2. The molecule has 1 aromatic rings. The van der Waals surface area contributed by atoms with Crippen molar-refractivity contribution in [2.24, 2.45) is 4.99 Å². The van der Waals surface area contributed by atoms with Crippen LogP contribution in [0.3, 0.4) is 0 Å². The Hall–Kier alpha value is -0.550. The standard InChI is InChI=1S/C23H38N4O2S.HI/c1-3-24-22(25-11-7-14-29-20(2)21-8-5-4-6-9-21)26-18-23(10-17-30-19-23)27-12-15-28-16-13-27;/h4-6,8-9,20H,3,7,10-19H2,1-2H3,(H2,24,25,26);1H. The van der Waals surface area contributed by atoms with Crippen molar-refractivity contribution in [1.82, 2.24) is 15.5 Å². The molecule has 2 N–H and O–H groups in total. The third-order valence-corrected chi connectivity index (χ3v) is 7.12. The van der Waals surface area contributed by atoms with Crippen molar-refractivity contribution in [1.29, 1.82) is 0 Å². The number of rotatable bonds is 10. The van der Waals surface area contributed by atoms with Gasteiger partial charge in [-0.2, -0.15) is 11.8 Å². The number of aliphatic imine (C=N–C) groups is 1. The fraction of sp³-hybridized carbons (Fsp3) is 0.696. The molecule has 3 rings (SSSR count). The Balaban J connectivity index is 0.00000341. The van der Waals surface area contributed by atoms with Crippen molar-refractivity contribution in [3.63, 3.8) is 0 Å². The van der Waals surface area contributed by atoms with E-state index in [4.69, 9.17) is 14.5 Å². The summed E-state index contributed by atoms with van der Waals surface area (Å²) in [6.07, 6.45) is 2.29. The number of guanidine groups is 1. The zero-order valence-corrected chi connectivity index (χ0v) is 22.1. The highest BCUT2D eigenvalue weighted by molar-refractivity contribution is 14.0. The van der Waals surface area contributed by atoms with E-state index in [-0.39, 0.29) is 35.6 Å². The molecule has 2 heterocycles. The molecule has 2 atom stereocenters. The smallest absolute Gasteiger partial charge is 0.191 e. The lowest BCUT2D eigenvalue weighted by molar-refractivity contribution is -0.0104. The number of morpholine rings is 1. The number of ether oxygens (including phenoxy) is 2. The number of hydrogen-bond acceptors (Lipinski definition) is 5. The van der Waals surface area contributed by atoms with Crippen LogP contribution in [0.4, 0.5) is 0 Å². The number of nitrogens with zero attached hydrogens (tertiary/aromatic N) is 2. The third-order valence-electron chi connectivity index (χ3n) is 5.89. The zero-order chi connectivity index (χ0) is 21.1. The van der Waals surface area contributed by atoms with Crippen molar-refractivity contribution in [2.45, 2.75) is 38.3 Å². The first-order valence-electron chi connectivity index (χ1n) is 11.3. The highest BCUT2D eigenvalue weighted by Crippen LogP contribution is 2.34. The molecule has 2 saturated heterocycles. The van der Waals surface area contributed by atoms with Gasteiger partial charge >= 0.3 is 0 Å². The van der Waals surface area contributed by atoms with E-state index in [0.29, 0.717) is 0 Å². The van der Waals surface area contributed by atoms with Crippen molar-refractivity contribution in [3.05, 3.63) is 35.9 Å². The SMILES string of the molecule is CCNC(=NCC1(N2CCOCC2)CCSC1)NCCCOC(C)c1ccccc1.I. The number of thioether (sulfide) groups is 1. The minimum atomic E-state index is 0. The van der Waals surface area contributed by atoms with Gasteiger partial charge in [0.2, 0.25) is 0 Å². The molecule has 0 radical (unpaired) electrons. The zero-order valence-electron chi connectivity index (χ0n) is 19.0.